The van der Waals surface area contributed by atoms with Gasteiger partial charge >= 0.3 is 0 Å². The average Bonchev–Trinajstić information content (AvgIpc) is 3.20. The van der Waals surface area contributed by atoms with E-state index in [-0.39, 0.29) is 22.6 Å². The molecule has 0 amide bonds. The van der Waals surface area contributed by atoms with Gasteiger partial charge in [0.2, 0.25) is 5.88 Å². The number of nitrogens with zero attached hydrogens (tertiary/aromatic N) is 6. The molecule has 5 rings (SSSR count). The first-order chi connectivity index (χ1) is 16.8. The molecular formula is C26H24F2N6O. The van der Waals surface area contributed by atoms with Crippen LogP contribution in [-0.2, 0) is 5.41 Å². The molecular weight excluding hydrogens is 450 g/mol. The molecule has 2 heterocycles. The Morgan fingerprint density at radius 1 is 1.20 bits per heavy atom. The highest BCUT2D eigenvalue weighted by molar-refractivity contribution is 5.77. The van der Waals surface area contributed by atoms with Crippen LogP contribution >= 0.6 is 0 Å². The van der Waals surface area contributed by atoms with Crippen LogP contribution in [0.2, 0.25) is 0 Å². The van der Waals surface area contributed by atoms with Gasteiger partial charge in [-0.25, -0.2) is 18.8 Å². The third-order valence-electron chi connectivity index (χ3n) is 7.32. The fraction of sp³-hybridized carbons (Fsp3) is 0.308. The summed E-state index contributed by atoms with van der Waals surface area (Å²) in [6.45, 7) is 9.68. The minimum Gasteiger partial charge on any atom is -0.423 e. The Balaban J connectivity index is 1.62. The van der Waals surface area contributed by atoms with Crippen molar-refractivity contribution in [1.82, 2.24) is 20.2 Å². The van der Waals surface area contributed by atoms with Crippen molar-refractivity contribution in [3.63, 3.8) is 0 Å². The molecule has 2 bridgehead atoms. The lowest BCUT2D eigenvalue weighted by Gasteiger charge is -2.38. The van der Waals surface area contributed by atoms with Crippen LogP contribution in [0.15, 0.2) is 64.7 Å². The molecule has 7 nitrogen and oxygen atoms in total. The van der Waals surface area contributed by atoms with Crippen molar-refractivity contribution in [2.24, 2.45) is 15.4 Å². The van der Waals surface area contributed by atoms with Gasteiger partial charge in [-0.3, -0.25) is 9.98 Å². The number of aromatic nitrogens is 4. The first kappa shape index (κ1) is 22.9. The number of hydrogen-bond donors (Lipinski definition) is 0. The van der Waals surface area contributed by atoms with Gasteiger partial charge in [0.05, 0.1) is 34.3 Å². The summed E-state index contributed by atoms with van der Waals surface area (Å²) in [7, 11) is 0. The molecule has 2 aliphatic carbocycles. The average molecular weight is 475 g/mol. The van der Waals surface area contributed by atoms with Crippen molar-refractivity contribution in [2.75, 3.05) is 0 Å². The van der Waals surface area contributed by atoms with Gasteiger partial charge in [0.25, 0.3) is 0 Å². The standard InChI is InChI=1S/C26H24F2N6O/c1-15(35-22-14-30-10-11-31-22)32-21(13-29-4)26-9-8-17(25(26,2)3)16-12-20(33-34-24(16)26)23-18(27)6-5-7-19(23)28/h5-7,10-14,17H,4,8-9H2,1-3H3/b21-13-,32-15?/t17-,26-/m0/s1. The van der Waals surface area contributed by atoms with Gasteiger partial charge in [-0.15, -0.1) is 5.10 Å². The van der Waals surface area contributed by atoms with Gasteiger partial charge in [-0.1, -0.05) is 19.9 Å². The largest absolute Gasteiger partial charge is 0.423 e. The molecule has 0 aliphatic heterocycles. The van der Waals surface area contributed by atoms with Crippen molar-refractivity contribution in [3.05, 3.63) is 77.6 Å². The third-order valence-corrected chi connectivity index (χ3v) is 7.32. The summed E-state index contributed by atoms with van der Waals surface area (Å²) < 4.78 is 34.7. The highest BCUT2D eigenvalue weighted by Crippen LogP contribution is 2.70. The predicted octanol–water partition coefficient (Wildman–Crippen LogP) is 5.41. The van der Waals surface area contributed by atoms with Gasteiger partial charge < -0.3 is 4.74 Å². The molecule has 9 heteroatoms. The summed E-state index contributed by atoms with van der Waals surface area (Å²) >= 11 is 0. The van der Waals surface area contributed by atoms with Crippen LogP contribution in [-0.4, -0.2) is 32.8 Å². The molecule has 178 valence electrons. The van der Waals surface area contributed by atoms with E-state index in [9.17, 15) is 8.78 Å². The van der Waals surface area contributed by atoms with Crippen LogP contribution in [0.3, 0.4) is 0 Å². The maximum atomic E-state index is 14.5. The number of fused-ring (bicyclic) bond motifs is 5. The fourth-order valence-electron chi connectivity index (χ4n) is 5.76. The second kappa shape index (κ2) is 8.41. The number of allylic oxidation sites excluding steroid dienone is 1. The summed E-state index contributed by atoms with van der Waals surface area (Å²) in [6.07, 6.45) is 7.84. The molecule has 0 radical (unpaired) electrons. The lowest BCUT2D eigenvalue weighted by molar-refractivity contribution is 0.241. The van der Waals surface area contributed by atoms with E-state index in [1.165, 1.54) is 30.6 Å². The highest BCUT2D eigenvalue weighted by atomic mass is 19.1. The highest BCUT2D eigenvalue weighted by Gasteiger charge is 2.65. The van der Waals surface area contributed by atoms with Gasteiger partial charge in [0.1, 0.15) is 11.6 Å². The Labute approximate surface area is 201 Å². The maximum Gasteiger partial charge on any atom is 0.239 e. The first-order valence-electron chi connectivity index (χ1n) is 11.3. The van der Waals surface area contributed by atoms with Crippen molar-refractivity contribution in [2.45, 2.75) is 44.9 Å². The quantitative estimate of drug-likeness (QED) is 0.365. The summed E-state index contributed by atoms with van der Waals surface area (Å²) in [4.78, 5) is 16.9. The number of hydrogen-bond acceptors (Lipinski definition) is 7. The van der Waals surface area contributed by atoms with Crippen molar-refractivity contribution in [1.29, 1.82) is 0 Å². The van der Waals surface area contributed by atoms with E-state index in [2.05, 4.69) is 45.7 Å². The zero-order valence-electron chi connectivity index (χ0n) is 19.7. The number of rotatable bonds is 5. The van der Waals surface area contributed by atoms with Crippen molar-refractivity contribution < 1.29 is 13.5 Å². The molecule has 35 heavy (non-hydrogen) atoms. The molecule has 1 saturated carbocycles. The van der Waals surface area contributed by atoms with Crippen LogP contribution < -0.4 is 4.74 Å². The molecule has 2 atom stereocenters. The normalized spacial score (nSPS) is 22.7. The van der Waals surface area contributed by atoms with Gasteiger partial charge in [-0.2, -0.15) is 5.10 Å². The summed E-state index contributed by atoms with van der Waals surface area (Å²) in [5, 5.41) is 8.80. The first-order valence-corrected chi connectivity index (χ1v) is 11.3. The molecule has 2 aliphatic rings. The van der Waals surface area contributed by atoms with Gasteiger partial charge in [0.15, 0.2) is 5.90 Å². The Kier molecular flexibility index (Phi) is 5.50. The van der Waals surface area contributed by atoms with E-state index >= 15 is 0 Å². The van der Waals surface area contributed by atoms with Crippen LogP contribution in [0.4, 0.5) is 8.78 Å². The van der Waals surface area contributed by atoms with E-state index in [4.69, 9.17) is 9.73 Å². The SMILES string of the molecule is C=N/C=C(\N=C(C)Oc1cnccn1)[C@@]12CC[C@@H](c3cc(-c4c(F)cccc4F)nnc31)C2(C)C. The summed E-state index contributed by atoms with van der Waals surface area (Å²) in [5.74, 6) is -0.556. The minimum absolute atomic E-state index is 0.103. The lowest BCUT2D eigenvalue weighted by Crippen LogP contribution is -2.37. The smallest absolute Gasteiger partial charge is 0.239 e. The second-order valence-electron chi connectivity index (χ2n) is 9.32. The number of halogens is 2. The van der Waals surface area contributed by atoms with E-state index in [1.807, 2.05) is 0 Å². The molecule has 1 fully saturated rings. The van der Waals surface area contributed by atoms with E-state index < -0.39 is 17.0 Å². The number of benzene rings is 1. The van der Waals surface area contributed by atoms with Crippen molar-refractivity contribution >= 4 is 12.6 Å². The van der Waals surface area contributed by atoms with E-state index in [0.717, 1.165) is 24.1 Å². The maximum absolute atomic E-state index is 14.5. The lowest BCUT2D eigenvalue weighted by atomic mass is 9.66. The number of ether oxygens (including phenoxy) is 1. The van der Waals surface area contributed by atoms with Crippen LogP contribution in [0.5, 0.6) is 5.88 Å². The molecule has 0 saturated heterocycles. The van der Waals surface area contributed by atoms with Gasteiger partial charge in [-0.05, 0) is 54.7 Å². The Morgan fingerprint density at radius 3 is 2.66 bits per heavy atom. The van der Waals surface area contributed by atoms with Crippen molar-refractivity contribution in [3.8, 4) is 17.1 Å². The molecule has 1 aromatic carbocycles. The fourth-order valence-corrected chi connectivity index (χ4v) is 5.76. The third kappa shape index (κ3) is 3.45. The summed E-state index contributed by atoms with van der Waals surface area (Å²) in [6, 6.07) is 5.53. The topological polar surface area (TPSA) is 85.5 Å². The van der Waals surface area contributed by atoms with Crippen LogP contribution in [0.25, 0.3) is 11.3 Å². The number of aliphatic imine (C=N–C) groups is 2. The van der Waals surface area contributed by atoms with Crippen LogP contribution in [0, 0.1) is 17.0 Å². The molecule has 3 aromatic rings. The zero-order valence-corrected chi connectivity index (χ0v) is 19.7. The summed E-state index contributed by atoms with van der Waals surface area (Å²) in [5.41, 5.74) is 1.36. The molecule has 2 aromatic heterocycles. The zero-order chi connectivity index (χ0) is 24.8. The van der Waals surface area contributed by atoms with E-state index in [0.29, 0.717) is 17.5 Å². The predicted molar refractivity (Wildman–Crippen MR) is 128 cm³/mol. The second-order valence-corrected chi connectivity index (χ2v) is 9.32. The Bertz CT molecular complexity index is 1350. The Hall–Kier alpha value is -3.88. The molecule has 0 spiro atoms. The molecule has 0 N–H and O–H groups in total. The van der Waals surface area contributed by atoms with E-state index in [1.54, 1.807) is 25.4 Å². The van der Waals surface area contributed by atoms with Crippen LogP contribution in [0.1, 0.15) is 50.8 Å². The van der Waals surface area contributed by atoms with Gasteiger partial charge in [0, 0.05) is 25.5 Å². The molecule has 0 unspecified atom stereocenters. The monoisotopic (exact) mass is 474 g/mol. The Morgan fingerprint density at radius 2 is 1.97 bits per heavy atom. The minimum atomic E-state index is -0.672.